The molecule has 1 aromatic carbocycles. The first-order valence-electron chi connectivity index (χ1n) is 9.81. The molecular weight excluding hydrogens is 480 g/mol. The Kier molecular flexibility index (Phi) is 3.44. The maximum Gasteiger partial charge on any atom is 0.374 e. The number of H-pyrrole nitrogens is 3. The number of carboxylic acid groups (broad SMARTS) is 3. The molecule has 18 nitrogen and oxygen atoms in total. The molecule has 18 heteroatoms. The Morgan fingerprint density at radius 1 is 0.500 bits per heavy atom. The predicted molar refractivity (Wildman–Crippen MR) is 116 cm³/mol. The standard InChI is InChI=1S/C18H6N12O6/c31-16(32)13-25-7-8(26-13)20-2-1(19-7)3-5(22-10-9(21-3)27-14(28-10)17(33)34)6-4(2)23-11-12(24-6)30-15(29-11)18(35)36/h19H,(H,25,26)(H,31,32)(H,33,34)(H,35,36)(H,23,24,29,30). The van der Waals surface area contributed by atoms with Crippen LogP contribution < -0.4 is 0 Å². The molecule has 6 aromatic heterocycles. The smallest absolute Gasteiger partial charge is 0.374 e. The molecule has 0 atom stereocenters. The minimum absolute atomic E-state index is 0.0222. The lowest BCUT2D eigenvalue weighted by atomic mass is 10.2. The zero-order valence-corrected chi connectivity index (χ0v) is 17.1. The van der Waals surface area contributed by atoms with Crippen molar-refractivity contribution in [3.63, 3.8) is 0 Å². The first-order chi connectivity index (χ1) is 17.3. The summed E-state index contributed by atoms with van der Waals surface area (Å²) in [7, 11) is 0. The lowest BCUT2D eigenvalue weighted by molar-refractivity contribution is 0.0674. The van der Waals surface area contributed by atoms with Crippen LogP contribution in [0.5, 0.6) is 0 Å². The van der Waals surface area contributed by atoms with Crippen LogP contribution in [0.3, 0.4) is 0 Å². The average Bonchev–Trinajstić information content (AvgIpc) is 3.56. The quantitative estimate of drug-likeness (QED) is 0.182. The van der Waals surface area contributed by atoms with E-state index in [0.29, 0.717) is 0 Å². The number of benzene rings is 1. The Hall–Kier alpha value is -5.94. The van der Waals surface area contributed by atoms with E-state index in [9.17, 15) is 29.7 Å². The van der Waals surface area contributed by atoms with E-state index in [2.05, 4.69) is 59.8 Å². The Morgan fingerprint density at radius 3 is 1.58 bits per heavy atom. The molecule has 6 heterocycles. The van der Waals surface area contributed by atoms with E-state index in [1.54, 1.807) is 0 Å². The van der Waals surface area contributed by atoms with Gasteiger partial charge in [0.15, 0.2) is 22.6 Å². The molecule has 0 bridgehead atoms. The molecule has 0 unspecified atom stereocenters. The molecule has 7 aromatic rings. The minimum atomic E-state index is -1.37. The second-order valence-electron chi connectivity index (χ2n) is 7.45. The van der Waals surface area contributed by atoms with Crippen LogP contribution >= 0.6 is 0 Å². The van der Waals surface area contributed by atoms with Crippen LogP contribution in [0.2, 0.25) is 0 Å². The van der Waals surface area contributed by atoms with E-state index in [1.807, 2.05) is 0 Å². The number of nitrogens with zero attached hydrogens (tertiary/aromatic N) is 9. The molecule has 0 fully saturated rings. The Bertz CT molecular complexity index is 1760. The highest BCUT2D eigenvalue weighted by atomic mass is 16.4. The van der Waals surface area contributed by atoms with Crippen molar-refractivity contribution in [1.82, 2.24) is 59.8 Å². The topological polar surface area (TPSA) is 275 Å². The third-order valence-electron chi connectivity index (χ3n) is 5.29. The van der Waals surface area contributed by atoms with Gasteiger partial charge in [0, 0.05) is 0 Å². The van der Waals surface area contributed by atoms with Gasteiger partial charge in [-0.25, -0.2) is 44.3 Å². The third-order valence-corrected chi connectivity index (χ3v) is 5.29. The lowest BCUT2D eigenvalue weighted by Crippen LogP contribution is -1.98. The Labute approximate surface area is 192 Å². The van der Waals surface area contributed by atoms with Crippen LogP contribution in [-0.2, 0) is 0 Å². The highest BCUT2D eigenvalue weighted by Crippen LogP contribution is 2.32. The van der Waals surface area contributed by atoms with Crippen LogP contribution in [-0.4, -0.2) is 93.0 Å². The molecule has 174 valence electrons. The van der Waals surface area contributed by atoms with Crippen LogP contribution in [0.15, 0.2) is 0 Å². The summed E-state index contributed by atoms with van der Waals surface area (Å²) in [5.41, 5.74) is 1.19. The first-order valence-corrected chi connectivity index (χ1v) is 9.81. The van der Waals surface area contributed by atoms with Crippen LogP contribution in [0.4, 0.5) is 0 Å². The normalized spacial score (nSPS) is 12.0. The minimum Gasteiger partial charge on any atom is -0.475 e. The van der Waals surface area contributed by atoms with Gasteiger partial charge in [0.05, 0.1) is 11.0 Å². The van der Waals surface area contributed by atoms with Crippen molar-refractivity contribution in [3.8, 4) is 0 Å². The fraction of sp³-hybridized carbons (Fsp3) is 0. The van der Waals surface area contributed by atoms with Gasteiger partial charge in [-0.2, -0.15) is 15.0 Å². The number of aromatic nitrogens is 12. The summed E-state index contributed by atoms with van der Waals surface area (Å²) in [5, 5.41) is 27.8. The molecule has 0 radical (unpaired) electrons. The Morgan fingerprint density at radius 2 is 1.00 bits per heavy atom. The highest BCUT2D eigenvalue weighted by Gasteiger charge is 2.23. The number of fused-ring (bicyclic) bond motifs is 9. The van der Waals surface area contributed by atoms with Crippen molar-refractivity contribution in [2.24, 2.45) is 0 Å². The number of hydrogen-bond donors (Lipinski definition) is 6. The van der Waals surface area contributed by atoms with Crippen molar-refractivity contribution >= 4 is 84.9 Å². The van der Waals surface area contributed by atoms with E-state index in [0.717, 1.165) is 0 Å². The van der Waals surface area contributed by atoms with Gasteiger partial charge < -0.3 is 30.3 Å². The SMILES string of the molecule is O=C(O)c1nc2nc3c(nc2n1)c1[nH]c2[nH]c(C(=O)O)nc2nc1c1nc2nc(C(=O)O)nc2[nH]c31. The third kappa shape index (κ3) is 2.53. The number of aromatic amines is 3. The zero-order valence-electron chi connectivity index (χ0n) is 17.1. The number of rotatable bonds is 3. The molecule has 0 aliphatic carbocycles. The number of imidazole rings is 3. The van der Waals surface area contributed by atoms with Gasteiger partial charge >= 0.3 is 17.9 Å². The van der Waals surface area contributed by atoms with E-state index in [4.69, 9.17) is 0 Å². The van der Waals surface area contributed by atoms with Gasteiger partial charge in [-0.1, -0.05) is 0 Å². The molecule has 7 rings (SSSR count). The van der Waals surface area contributed by atoms with Crippen LogP contribution in [0.1, 0.15) is 31.9 Å². The maximum atomic E-state index is 11.4. The number of carboxylic acids is 3. The summed E-state index contributed by atoms with van der Waals surface area (Å²) in [6, 6.07) is 0. The van der Waals surface area contributed by atoms with Crippen molar-refractivity contribution in [2.75, 3.05) is 0 Å². The van der Waals surface area contributed by atoms with Crippen LogP contribution in [0.25, 0.3) is 67.0 Å². The van der Waals surface area contributed by atoms with Gasteiger partial charge in [-0.3, -0.25) is 0 Å². The number of hydrogen-bond acceptors (Lipinski definition) is 12. The summed E-state index contributed by atoms with van der Waals surface area (Å²) >= 11 is 0. The molecule has 0 saturated heterocycles. The number of nitrogens with one attached hydrogen (secondary N) is 3. The van der Waals surface area contributed by atoms with Crippen LogP contribution in [0, 0.1) is 0 Å². The summed E-state index contributed by atoms with van der Waals surface area (Å²) in [6.07, 6.45) is 0. The van der Waals surface area contributed by atoms with E-state index >= 15 is 0 Å². The number of aromatic carboxylic acids is 3. The van der Waals surface area contributed by atoms with E-state index < -0.39 is 29.6 Å². The van der Waals surface area contributed by atoms with Gasteiger partial charge in [-0.05, 0) is 0 Å². The van der Waals surface area contributed by atoms with E-state index in [-0.39, 0.29) is 72.8 Å². The van der Waals surface area contributed by atoms with Gasteiger partial charge in [0.1, 0.15) is 22.1 Å². The molecule has 6 N–H and O–H groups in total. The van der Waals surface area contributed by atoms with Crippen molar-refractivity contribution in [1.29, 1.82) is 0 Å². The predicted octanol–water partition coefficient (Wildman–Crippen LogP) is 0.240. The number of carbonyl (C=O) groups is 3. The first kappa shape index (κ1) is 19.5. The summed E-state index contributed by atoms with van der Waals surface area (Å²) < 4.78 is 0. The highest BCUT2D eigenvalue weighted by molar-refractivity contribution is 6.20. The van der Waals surface area contributed by atoms with Crippen molar-refractivity contribution in [2.45, 2.75) is 0 Å². The van der Waals surface area contributed by atoms with Crippen molar-refractivity contribution in [3.05, 3.63) is 17.5 Å². The molecule has 0 aliphatic rings. The second-order valence-corrected chi connectivity index (χ2v) is 7.45. The van der Waals surface area contributed by atoms with Crippen molar-refractivity contribution < 1.29 is 29.7 Å². The lowest BCUT2D eigenvalue weighted by Gasteiger charge is -2.07. The van der Waals surface area contributed by atoms with Gasteiger partial charge in [0.2, 0.25) is 28.8 Å². The summed E-state index contributed by atoms with van der Waals surface area (Å²) in [5.74, 6) is -5.40. The summed E-state index contributed by atoms with van der Waals surface area (Å²) in [6.45, 7) is 0. The van der Waals surface area contributed by atoms with Gasteiger partial charge in [0.25, 0.3) is 0 Å². The zero-order chi connectivity index (χ0) is 24.9. The molecule has 0 amide bonds. The largest absolute Gasteiger partial charge is 0.475 e. The fourth-order valence-corrected chi connectivity index (χ4v) is 3.83. The second kappa shape index (κ2) is 6.34. The average molecular weight is 486 g/mol. The molecule has 36 heavy (non-hydrogen) atoms. The molecule has 0 spiro atoms. The van der Waals surface area contributed by atoms with Gasteiger partial charge in [-0.15, -0.1) is 0 Å². The molecule has 0 aliphatic heterocycles. The summed E-state index contributed by atoms with van der Waals surface area (Å²) in [4.78, 5) is 79.9. The fourth-order valence-electron chi connectivity index (χ4n) is 3.83. The maximum absolute atomic E-state index is 11.4. The molecule has 0 saturated carbocycles. The van der Waals surface area contributed by atoms with E-state index in [1.165, 1.54) is 0 Å². The monoisotopic (exact) mass is 486 g/mol. The Balaban J connectivity index is 1.71. The molecular formula is C18H6N12O6.